The van der Waals surface area contributed by atoms with Crippen LogP contribution in [0.15, 0.2) is 53.1 Å². The number of likely N-dealkylation sites (tertiary alicyclic amines) is 1. The third kappa shape index (κ3) is 4.37. The highest BCUT2D eigenvalue weighted by Gasteiger charge is 2.33. The summed E-state index contributed by atoms with van der Waals surface area (Å²) in [6.07, 6.45) is 0.320. The van der Waals surface area contributed by atoms with Crippen LogP contribution in [0, 0.1) is 12.7 Å². The molecule has 1 aromatic heterocycles. The highest BCUT2D eigenvalue weighted by Crippen LogP contribution is 2.27. The number of carbonyl (C=O) groups excluding carboxylic acids is 2. The van der Waals surface area contributed by atoms with Gasteiger partial charge in [-0.15, -0.1) is 0 Å². The normalized spacial score (nSPS) is 16.1. The first-order chi connectivity index (χ1) is 14.5. The minimum absolute atomic E-state index is 0.0235. The number of rotatable bonds is 6. The molecule has 0 unspecified atom stereocenters. The van der Waals surface area contributed by atoms with Crippen LogP contribution in [0.3, 0.4) is 0 Å². The van der Waals surface area contributed by atoms with Gasteiger partial charge in [-0.25, -0.2) is 4.39 Å². The lowest BCUT2D eigenvalue weighted by Gasteiger charge is -2.15. The Balaban J connectivity index is 1.34. The Labute approximate surface area is 172 Å². The Morgan fingerprint density at radius 3 is 2.83 bits per heavy atom. The van der Waals surface area contributed by atoms with E-state index >= 15 is 0 Å². The molecule has 3 aromatic rings. The van der Waals surface area contributed by atoms with Crippen LogP contribution in [0.2, 0.25) is 0 Å². The van der Waals surface area contributed by atoms with Gasteiger partial charge in [0.05, 0.1) is 6.54 Å². The smallest absolute Gasteiger partial charge is 0.251 e. The first-order valence-electron chi connectivity index (χ1n) is 9.68. The van der Waals surface area contributed by atoms with E-state index in [0.29, 0.717) is 30.9 Å². The summed E-state index contributed by atoms with van der Waals surface area (Å²) in [7, 11) is 0. The summed E-state index contributed by atoms with van der Waals surface area (Å²) in [6.45, 7) is 2.72. The van der Waals surface area contributed by atoms with Gasteiger partial charge in [0.1, 0.15) is 5.82 Å². The lowest BCUT2D eigenvalue weighted by Crippen LogP contribution is -2.24. The maximum Gasteiger partial charge on any atom is 0.251 e. The molecule has 2 aromatic carbocycles. The van der Waals surface area contributed by atoms with Crippen LogP contribution in [-0.2, 0) is 17.9 Å². The molecule has 1 fully saturated rings. The maximum absolute atomic E-state index is 13.6. The van der Waals surface area contributed by atoms with Gasteiger partial charge in [-0.2, -0.15) is 4.98 Å². The monoisotopic (exact) mass is 408 g/mol. The molecule has 4 rings (SSSR count). The Morgan fingerprint density at radius 1 is 1.27 bits per heavy atom. The molecule has 30 heavy (non-hydrogen) atoms. The van der Waals surface area contributed by atoms with Gasteiger partial charge in [0, 0.05) is 31.0 Å². The number of aromatic nitrogens is 2. The number of aryl methyl sites for hydroxylation is 1. The lowest BCUT2D eigenvalue weighted by molar-refractivity contribution is -0.128. The van der Waals surface area contributed by atoms with E-state index in [1.54, 1.807) is 24.0 Å². The van der Waals surface area contributed by atoms with Crippen molar-refractivity contribution >= 4 is 11.8 Å². The summed E-state index contributed by atoms with van der Waals surface area (Å²) in [5, 5.41) is 6.61. The van der Waals surface area contributed by atoms with Crippen molar-refractivity contribution in [3.05, 3.63) is 82.8 Å². The van der Waals surface area contributed by atoms with E-state index < -0.39 is 11.7 Å². The zero-order chi connectivity index (χ0) is 21.1. The van der Waals surface area contributed by atoms with Crippen molar-refractivity contribution < 1.29 is 18.5 Å². The minimum atomic E-state index is -0.436. The summed E-state index contributed by atoms with van der Waals surface area (Å²) < 4.78 is 18.8. The van der Waals surface area contributed by atoms with E-state index in [0.717, 1.165) is 5.56 Å². The zero-order valence-electron chi connectivity index (χ0n) is 16.5. The molecular weight excluding hydrogens is 387 g/mol. The molecule has 1 saturated heterocycles. The van der Waals surface area contributed by atoms with Gasteiger partial charge in [-0.05, 0) is 30.2 Å². The van der Waals surface area contributed by atoms with E-state index in [2.05, 4.69) is 15.5 Å². The van der Waals surface area contributed by atoms with E-state index in [-0.39, 0.29) is 29.8 Å². The number of nitrogens with zero attached hydrogens (tertiary/aromatic N) is 3. The van der Waals surface area contributed by atoms with Crippen LogP contribution < -0.4 is 5.32 Å². The van der Waals surface area contributed by atoms with E-state index in [9.17, 15) is 14.0 Å². The zero-order valence-corrected chi connectivity index (χ0v) is 16.5. The van der Waals surface area contributed by atoms with Gasteiger partial charge < -0.3 is 14.7 Å². The van der Waals surface area contributed by atoms with Crippen LogP contribution in [0.1, 0.15) is 45.5 Å². The second kappa shape index (κ2) is 8.44. The molecule has 0 radical (unpaired) electrons. The fourth-order valence-corrected chi connectivity index (χ4v) is 3.40. The van der Waals surface area contributed by atoms with Crippen molar-refractivity contribution in [3.63, 3.8) is 0 Å². The van der Waals surface area contributed by atoms with Crippen LogP contribution in [0.5, 0.6) is 0 Å². The molecule has 1 aliphatic rings. The average molecular weight is 408 g/mol. The molecule has 0 bridgehead atoms. The van der Waals surface area contributed by atoms with Crippen molar-refractivity contribution in [2.75, 3.05) is 6.54 Å². The number of hydrogen-bond acceptors (Lipinski definition) is 5. The third-order valence-electron chi connectivity index (χ3n) is 5.11. The molecule has 0 aliphatic carbocycles. The fraction of sp³-hybridized carbons (Fsp3) is 0.273. The number of halogens is 1. The lowest BCUT2D eigenvalue weighted by atomic mass is 10.1. The third-order valence-corrected chi connectivity index (χ3v) is 5.11. The van der Waals surface area contributed by atoms with Gasteiger partial charge in [-0.3, -0.25) is 9.59 Å². The summed E-state index contributed by atoms with van der Waals surface area (Å²) >= 11 is 0. The molecule has 8 heteroatoms. The number of benzene rings is 2. The molecule has 0 spiro atoms. The predicted octanol–water partition coefficient (Wildman–Crippen LogP) is 2.96. The second-order valence-corrected chi connectivity index (χ2v) is 7.35. The number of hydrogen-bond donors (Lipinski definition) is 1. The Bertz CT molecular complexity index is 1070. The van der Waals surface area contributed by atoms with Crippen LogP contribution in [-0.4, -0.2) is 33.4 Å². The van der Waals surface area contributed by atoms with Crippen molar-refractivity contribution in [3.8, 4) is 0 Å². The molecule has 1 N–H and O–H groups in total. The molecular formula is C22H21FN4O3. The van der Waals surface area contributed by atoms with Gasteiger partial charge >= 0.3 is 0 Å². The first kappa shape index (κ1) is 19.8. The number of carbonyl (C=O) groups is 2. The molecule has 1 aliphatic heterocycles. The predicted molar refractivity (Wildman–Crippen MR) is 106 cm³/mol. The Morgan fingerprint density at radius 2 is 2.07 bits per heavy atom. The molecule has 2 amide bonds. The van der Waals surface area contributed by atoms with E-state index in [1.807, 2.05) is 30.3 Å². The summed E-state index contributed by atoms with van der Waals surface area (Å²) in [4.78, 5) is 30.6. The van der Waals surface area contributed by atoms with Gasteiger partial charge in [0.15, 0.2) is 5.82 Å². The highest BCUT2D eigenvalue weighted by molar-refractivity contribution is 5.94. The van der Waals surface area contributed by atoms with Crippen LogP contribution in [0.4, 0.5) is 4.39 Å². The first-order valence-corrected chi connectivity index (χ1v) is 9.68. The minimum Gasteiger partial charge on any atom is -0.343 e. The average Bonchev–Trinajstić information content (AvgIpc) is 3.36. The van der Waals surface area contributed by atoms with Crippen molar-refractivity contribution in [2.45, 2.75) is 32.4 Å². The molecule has 7 nitrogen and oxygen atoms in total. The molecule has 0 saturated carbocycles. The SMILES string of the molecule is Cc1ccc(C(=O)NCc2nc([C@H]3CC(=O)N(Cc4ccccc4)C3)no2)cc1F. The van der Waals surface area contributed by atoms with E-state index in [1.165, 1.54) is 6.07 Å². The van der Waals surface area contributed by atoms with Crippen molar-refractivity contribution in [1.82, 2.24) is 20.4 Å². The molecule has 154 valence electrons. The summed E-state index contributed by atoms with van der Waals surface area (Å²) in [6, 6.07) is 14.1. The van der Waals surface area contributed by atoms with Gasteiger partial charge in [0.2, 0.25) is 11.8 Å². The Kier molecular flexibility index (Phi) is 5.56. The topological polar surface area (TPSA) is 88.3 Å². The van der Waals surface area contributed by atoms with Gasteiger partial charge in [0.25, 0.3) is 5.91 Å². The quantitative estimate of drug-likeness (QED) is 0.678. The summed E-state index contributed by atoms with van der Waals surface area (Å²) in [5.41, 5.74) is 1.76. The fourth-order valence-electron chi connectivity index (χ4n) is 3.40. The standard InChI is InChI=1S/C22H21FN4O3/c1-14-7-8-16(9-18(14)23)22(29)24-11-19-25-21(26-30-19)17-10-20(28)27(13-17)12-15-5-3-2-4-6-15/h2-9,17H,10-13H2,1H3,(H,24,29)/t17-/m0/s1. The van der Waals surface area contributed by atoms with Crippen molar-refractivity contribution in [1.29, 1.82) is 0 Å². The molecule has 2 heterocycles. The summed E-state index contributed by atoms with van der Waals surface area (Å²) in [5.74, 6) is -0.289. The Hall–Kier alpha value is -3.55. The van der Waals surface area contributed by atoms with Crippen LogP contribution >= 0.6 is 0 Å². The number of nitrogens with one attached hydrogen (secondary N) is 1. The molecule has 1 atom stereocenters. The second-order valence-electron chi connectivity index (χ2n) is 7.35. The maximum atomic E-state index is 13.6. The number of amides is 2. The van der Waals surface area contributed by atoms with Crippen LogP contribution in [0.25, 0.3) is 0 Å². The highest BCUT2D eigenvalue weighted by atomic mass is 19.1. The van der Waals surface area contributed by atoms with Gasteiger partial charge in [-0.1, -0.05) is 41.6 Å². The largest absolute Gasteiger partial charge is 0.343 e. The van der Waals surface area contributed by atoms with Crippen molar-refractivity contribution in [2.24, 2.45) is 0 Å². The van der Waals surface area contributed by atoms with E-state index in [4.69, 9.17) is 4.52 Å².